The predicted octanol–water partition coefficient (Wildman–Crippen LogP) is 5.35. The third-order valence-corrected chi connectivity index (χ3v) is 8.73. The van der Waals surface area contributed by atoms with Gasteiger partial charge in [0.05, 0.1) is 0 Å². The van der Waals surface area contributed by atoms with E-state index in [1.807, 2.05) is 0 Å². The van der Waals surface area contributed by atoms with Gasteiger partial charge in [-0.05, 0) is 92.3 Å². The summed E-state index contributed by atoms with van der Waals surface area (Å²) in [6, 6.07) is 0. The van der Waals surface area contributed by atoms with E-state index in [0.29, 0.717) is 10.8 Å². The summed E-state index contributed by atoms with van der Waals surface area (Å²) in [4.78, 5) is 11.3. The fraction of sp³-hybridized carbons (Fsp3) is 0.952. The van der Waals surface area contributed by atoms with Crippen LogP contribution in [0.4, 0.5) is 0 Å². The first-order valence-electron chi connectivity index (χ1n) is 10.1. The van der Waals surface area contributed by atoms with E-state index in [-0.39, 0.29) is 12.1 Å². The standard InChI is InChI=1S/C21H34O2/c1-14(22)23-16-8-12-21(3)15(13-16)6-7-17-18-5-4-10-20(18,2)11-9-19(17)21/h15-19H,4-13H2,1-3H3/t15-,16+,17-,18-,19-,20-,21-/m0/s1. The zero-order valence-electron chi connectivity index (χ0n) is 15.3. The molecule has 130 valence electrons. The topological polar surface area (TPSA) is 26.3 Å². The van der Waals surface area contributed by atoms with Gasteiger partial charge < -0.3 is 4.74 Å². The second-order valence-corrected chi connectivity index (χ2v) is 9.75. The maximum Gasteiger partial charge on any atom is 0.302 e. The molecule has 0 bridgehead atoms. The van der Waals surface area contributed by atoms with Crippen LogP contribution < -0.4 is 0 Å². The predicted molar refractivity (Wildman–Crippen MR) is 91.9 cm³/mol. The first-order valence-corrected chi connectivity index (χ1v) is 10.1. The van der Waals surface area contributed by atoms with Crippen LogP contribution >= 0.6 is 0 Å². The van der Waals surface area contributed by atoms with Crippen LogP contribution in [-0.2, 0) is 9.53 Å². The van der Waals surface area contributed by atoms with Crippen molar-refractivity contribution in [1.82, 2.24) is 0 Å². The van der Waals surface area contributed by atoms with Gasteiger partial charge in [-0.2, -0.15) is 0 Å². The van der Waals surface area contributed by atoms with Crippen molar-refractivity contribution in [2.24, 2.45) is 34.5 Å². The Labute approximate surface area is 141 Å². The van der Waals surface area contributed by atoms with Gasteiger partial charge in [-0.1, -0.05) is 20.3 Å². The van der Waals surface area contributed by atoms with E-state index in [2.05, 4.69) is 13.8 Å². The lowest BCUT2D eigenvalue weighted by atomic mass is 9.45. The molecule has 4 aliphatic carbocycles. The van der Waals surface area contributed by atoms with E-state index >= 15 is 0 Å². The number of hydrogen-bond acceptors (Lipinski definition) is 2. The molecule has 4 aliphatic rings. The van der Waals surface area contributed by atoms with Crippen molar-refractivity contribution < 1.29 is 9.53 Å². The number of carbonyl (C=O) groups excluding carboxylic acids is 1. The maximum absolute atomic E-state index is 11.3. The lowest BCUT2D eigenvalue weighted by molar-refractivity contribution is -0.159. The molecule has 0 aromatic rings. The van der Waals surface area contributed by atoms with Crippen molar-refractivity contribution in [1.29, 1.82) is 0 Å². The van der Waals surface area contributed by atoms with Gasteiger partial charge in [-0.25, -0.2) is 0 Å². The number of rotatable bonds is 1. The van der Waals surface area contributed by atoms with Crippen LogP contribution in [0.2, 0.25) is 0 Å². The fourth-order valence-corrected chi connectivity index (χ4v) is 7.55. The number of carbonyl (C=O) groups is 1. The molecule has 0 aliphatic heterocycles. The fourth-order valence-electron chi connectivity index (χ4n) is 7.55. The molecule has 4 saturated carbocycles. The molecule has 0 aromatic carbocycles. The lowest BCUT2D eigenvalue weighted by Crippen LogP contribution is -2.53. The monoisotopic (exact) mass is 318 g/mol. The summed E-state index contributed by atoms with van der Waals surface area (Å²) in [6.07, 6.45) is 13.9. The van der Waals surface area contributed by atoms with Gasteiger partial charge in [0.2, 0.25) is 0 Å². The highest BCUT2D eigenvalue weighted by molar-refractivity contribution is 5.66. The Balaban J connectivity index is 1.53. The Morgan fingerprint density at radius 3 is 2.57 bits per heavy atom. The van der Waals surface area contributed by atoms with Gasteiger partial charge in [-0.3, -0.25) is 4.79 Å². The molecule has 0 aromatic heterocycles. The van der Waals surface area contributed by atoms with E-state index in [9.17, 15) is 4.79 Å². The maximum atomic E-state index is 11.3. The average molecular weight is 319 g/mol. The molecule has 0 amide bonds. The molecule has 0 saturated heterocycles. The Hall–Kier alpha value is -0.530. The number of hydrogen-bond donors (Lipinski definition) is 0. The highest BCUT2D eigenvalue weighted by Crippen LogP contribution is 2.66. The van der Waals surface area contributed by atoms with Crippen LogP contribution in [0.1, 0.15) is 85.0 Å². The summed E-state index contributed by atoms with van der Waals surface area (Å²) in [6.45, 7) is 6.75. The van der Waals surface area contributed by atoms with Crippen LogP contribution in [0.5, 0.6) is 0 Å². The summed E-state index contributed by atoms with van der Waals surface area (Å²) < 4.78 is 5.57. The lowest BCUT2D eigenvalue weighted by Gasteiger charge is -2.60. The molecule has 23 heavy (non-hydrogen) atoms. The van der Waals surface area contributed by atoms with E-state index < -0.39 is 0 Å². The van der Waals surface area contributed by atoms with Gasteiger partial charge in [-0.15, -0.1) is 0 Å². The molecule has 0 unspecified atom stereocenters. The van der Waals surface area contributed by atoms with Gasteiger partial charge in [0.15, 0.2) is 0 Å². The van der Waals surface area contributed by atoms with Crippen molar-refractivity contribution in [2.75, 3.05) is 0 Å². The minimum Gasteiger partial charge on any atom is -0.463 e. The summed E-state index contributed by atoms with van der Waals surface area (Å²) in [5.41, 5.74) is 1.18. The molecular formula is C21H34O2. The SMILES string of the molecule is CC(=O)O[C@@H]1CC[C@@]2(C)[C@@H](CC[C@H]3[C@@H]4CCC[C@@]4(C)CC[C@@H]32)C1. The van der Waals surface area contributed by atoms with Crippen molar-refractivity contribution in [2.45, 2.75) is 91.1 Å². The third-order valence-electron chi connectivity index (χ3n) is 8.73. The van der Waals surface area contributed by atoms with Gasteiger partial charge in [0.25, 0.3) is 0 Å². The van der Waals surface area contributed by atoms with Crippen LogP contribution in [0, 0.1) is 34.5 Å². The third kappa shape index (κ3) is 2.46. The van der Waals surface area contributed by atoms with Gasteiger partial charge in [0, 0.05) is 6.92 Å². The van der Waals surface area contributed by atoms with Crippen LogP contribution in [-0.4, -0.2) is 12.1 Å². The number of ether oxygens (including phenoxy) is 1. The van der Waals surface area contributed by atoms with Crippen LogP contribution in [0.25, 0.3) is 0 Å². The van der Waals surface area contributed by atoms with Crippen LogP contribution in [0.3, 0.4) is 0 Å². The molecule has 0 spiro atoms. The van der Waals surface area contributed by atoms with E-state index in [1.54, 1.807) is 6.92 Å². The van der Waals surface area contributed by atoms with E-state index in [4.69, 9.17) is 4.74 Å². The first kappa shape index (κ1) is 16.0. The number of esters is 1. The zero-order valence-corrected chi connectivity index (χ0v) is 15.3. The van der Waals surface area contributed by atoms with Gasteiger partial charge in [0.1, 0.15) is 6.10 Å². The second-order valence-electron chi connectivity index (χ2n) is 9.75. The van der Waals surface area contributed by atoms with Gasteiger partial charge >= 0.3 is 5.97 Å². The second kappa shape index (κ2) is 5.49. The molecular weight excluding hydrogens is 284 g/mol. The highest BCUT2D eigenvalue weighted by Gasteiger charge is 2.57. The quantitative estimate of drug-likeness (QED) is 0.609. The molecule has 4 rings (SSSR count). The smallest absolute Gasteiger partial charge is 0.302 e. The Morgan fingerprint density at radius 2 is 1.78 bits per heavy atom. The molecule has 0 heterocycles. The largest absolute Gasteiger partial charge is 0.463 e. The first-order chi connectivity index (χ1) is 10.9. The molecule has 2 heteroatoms. The van der Waals surface area contributed by atoms with E-state index in [0.717, 1.165) is 36.5 Å². The highest BCUT2D eigenvalue weighted by atomic mass is 16.5. The Kier molecular flexibility index (Phi) is 3.81. The zero-order chi connectivity index (χ0) is 16.2. The van der Waals surface area contributed by atoms with Crippen LogP contribution in [0.15, 0.2) is 0 Å². The summed E-state index contributed by atoms with van der Waals surface area (Å²) in [5.74, 6) is 3.63. The summed E-state index contributed by atoms with van der Waals surface area (Å²) in [5, 5.41) is 0. The van der Waals surface area contributed by atoms with Crippen molar-refractivity contribution in [3.05, 3.63) is 0 Å². The molecule has 0 radical (unpaired) electrons. The summed E-state index contributed by atoms with van der Waals surface area (Å²) >= 11 is 0. The minimum atomic E-state index is -0.0910. The molecule has 7 atom stereocenters. The van der Waals surface area contributed by atoms with Crippen molar-refractivity contribution >= 4 is 5.97 Å². The summed E-state index contributed by atoms with van der Waals surface area (Å²) in [7, 11) is 0. The Bertz CT molecular complexity index is 486. The molecule has 2 nitrogen and oxygen atoms in total. The molecule has 0 N–H and O–H groups in total. The minimum absolute atomic E-state index is 0.0910. The average Bonchev–Trinajstić information content (AvgIpc) is 2.89. The molecule has 4 fully saturated rings. The van der Waals surface area contributed by atoms with Crippen molar-refractivity contribution in [3.63, 3.8) is 0 Å². The van der Waals surface area contributed by atoms with E-state index in [1.165, 1.54) is 51.4 Å². The normalized spacial score (nSPS) is 52.2. The number of fused-ring (bicyclic) bond motifs is 5. The Morgan fingerprint density at radius 1 is 0.957 bits per heavy atom. The van der Waals surface area contributed by atoms with Crippen molar-refractivity contribution in [3.8, 4) is 0 Å².